The lowest BCUT2D eigenvalue weighted by molar-refractivity contribution is -0.104. The lowest BCUT2D eigenvalue weighted by Crippen LogP contribution is -1.82. The van der Waals surface area contributed by atoms with Gasteiger partial charge < -0.3 is 0 Å². The van der Waals surface area contributed by atoms with Crippen LogP contribution in [0.3, 0.4) is 0 Å². The van der Waals surface area contributed by atoms with Gasteiger partial charge in [-0.25, -0.2) is 0 Å². The molecule has 0 aliphatic rings. The molecule has 13 heavy (non-hydrogen) atoms. The number of allylic oxidation sites excluding steroid dienone is 1. The summed E-state index contributed by atoms with van der Waals surface area (Å²) in [5.41, 5.74) is 3.17. The van der Waals surface area contributed by atoms with Crippen molar-refractivity contribution in [2.24, 2.45) is 0 Å². The van der Waals surface area contributed by atoms with Gasteiger partial charge in [-0.1, -0.05) is 36.8 Å². The van der Waals surface area contributed by atoms with Crippen LogP contribution in [0.15, 0.2) is 29.8 Å². The van der Waals surface area contributed by atoms with Crippen LogP contribution in [0.5, 0.6) is 0 Å². The van der Waals surface area contributed by atoms with E-state index in [0.29, 0.717) is 0 Å². The van der Waals surface area contributed by atoms with Crippen molar-refractivity contribution in [1.82, 2.24) is 0 Å². The highest BCUT2D eigenvalue weighted by atomic mass is 16.1. The highest BCUT2D eigenvalue weighted by molar-refractivity contribution is 5.81. The van der Waals surface area contributed by atoms with Crippen LogP contribution in [-0.4, -0.2) is 6.29 Å². The number of carbonyl (C=O) groups is 1. The zero-order valence-corrected chi connectivity index (χ0v) is 8.08. The summed E-state index contributed by atoms with van der Waals surface area (Å²) < 4.78 is 0. The second-order valence-electron chi connectivity index (χ2n) is 3.10. The SMILES string of the molecule is CC/C(C=O)=C/c1ccc(C)cc1. The van der Waals surface area contributed by atoms with E-state index >= 15 is 0 Å². The fourth-order valence-electron chi connectivity index (χ4n) is 1.10. The first kappa shape index (κ1) is 9.72. The molecule has 0 fully saturated rings. The molecular formula is C12H14O. The summed E-state index contributed by atoms with van der Waals surface area (Å²) in [5, 5.41) is 0. The number of carbonyl (C=O) groups excluding carboxylic acids is 1. The van der Waals surface area contributed by atoms with Crippen molar-refractivity contribution in [3.63, 3.8) is 0 Å². The Morgan fingerprint density at radius 3 is 2.38 bits per heavy atom. The average molecular weight is 174 g/mol. The molecule has 1 aromatic carbocycles. The fraction of sp³-hybridized carbons (Fsp3) is 0.250. The van der Waals surface area contributed by atoms with Crippen molar-refractivity contribution < 1.29 is 4.79 Å². The predicted octanol–water partition coefficient (Wildman–Crippen LogP) is 2.99. The summed E-state index contributed by atoms with van der Waals surface area (Å²) in [6.07, 6.45) is 3.63. The van der Waals surface area contributed by atoms with Crippen molar-refractivity contribution in [2.75, 3.05) is 0 Å². The van der Waals surface area contributed by atoms with E-state index in [-0.39, 0.29) is 0 Å². The Balaban J connectivity index is 2.90. The van der Waals surface area contributed by atoms with Gasteiger partial charge in [0.1, 0.15) is 6.29 Å². The number of rotatable bonds is 3. The first-order chi connectivity index (χ1) is 6.26. The zero-order chi connectivity index (χ0) is 9.68. The molecule has 0 atom stereocenters. The summed E-state index contributed by atoms with van der Waals surface area (Å²) in [4.78, 5) is 10.5. The monoisotopic (exact) mass is 174 g/mol. The summed E-state index contributed by atoms with van der Waals surface area (Å²) in [6.45, 7) is 4.03. The van der Waals surface area contributed by atoms with E-state index in [0.717, 1.165) is 23.8 Å². The van der Waals surface area contributed by atoms with Crippen molar-refractivity contribution in [3.05, 3.63) is 41.0 Å². The first-order valence-electron chi connectivity index (χ1n) is 4.48. The van der Waals surface area contributed by atoms with Crippen LogP contribution >= 0.6 is 0 Å². The van der Waals surface area contributed by atoms with Gasteiger partial charge in [0.05, 0.1) is 0 Å². The predicted molar refractivity (Wildman–Crippen MR) is 55.5 cm³/mol. The number of aryl methyl sites for hydroxylation is 1. The van der Waals surface area contributed by atoms with Crippen LogP contribution < -0.4 is 0 Å². The van der Waals surface area contributed by atoms with Crippen LogP contribution in [0, 0.1) is 6.92 Å². The second-order valence-corrected chi connectivity index (χ2v) is 3.10. The molecule has 0 amide bonds. The molecule has 0 spiro atoms. The molecule has 0 saturated heterocycles. The molecule has 0 heterocycles. The van der Waals surface area contributed by atoms with Crippen LogP contribution in [0.1, 0.15) is 24.5 Å². The molecule has 68 valence electrons. The number of benzene rings is 1. The highest BCUT2D eigenvalue weighted by Crippen LogP contribution is 2.09. The first-order valence-corrected chi connectivity index (χ1v) is 4.48. The zero-order valence-electron chi connectivity index (χ0n) is 8.08. The van der Waals surface area contributed by atoms with Gasteiger partial charge >= 0.3 is 0 Å². The van der Waals surface area contributed by atoms with Gasteiger partial charge in [0.25, 0.3) is 0 Å². The van der Waals surface area contributed by atoms with Crippen LogP contribution in [0.4, 0.5) is 0 Å². The van der Waals surface area contributed by atoms with E-state index in [1.54, 1.807) is 0 Å². The molecule has 0 radical (unpaired) electrons. The summed E-state index contributed by atoms with van der Waals surface area (Å²) in [5.74, 6) is 0. The van der Waals surface area contributed by atoms with Gasteiger partial charge in [-0.15, -0.1) is 0 Å². The topological polar surface area (TPSA) is 17.1 Å². The molecular weight excluding hydrogens is 160 g/mol. The molecule has 0 unspecified atom stereocenters. The number of hydrogen-bond acceptors (Lipinski definition) is 1. The summed E-state index contributed by atoms with van der Waals surface area (Å²) in [6, 6.07) is 8.14. The van der Waals surface area contributed by atoms with Crippen LogP contribution in [-0.2, 0) is 4.79 Å². The Kier molecular flexibility index (Phi) is 3.44. The Bertz CT molecular complexity index is 306. The Hall–Kier alpha value is -1.37. The molecule has 0 N–H and O–H groups in total. The summed E-state index contributed by atoms with van der Waals surface area (Å²) in [7, 11) is 0. The molecule has 1 aromatic rings. The van der Waals surface area contributed by atoms with Crippen molar-refractivity contribution >= 4 is 12.4 Å². The minimum Gasteiger partial charge on any atom is -0.298 e. The van der Waals surface area contributed by atoms with Gasteiger partial charge in [0, 0.05) is 0 Å². The third kappa shape index (κ3) is 2.86. The molecule has 0 aromatic heterocycles. The number of aldehydes is 1. The maximum Gasteiger partial charge on any atom is 0.146 e. The van der Waals surface area contributed by atoms with E-state index in [1.807, 2.05) is 44.2 Å². The average Bonchev–Trinajstić information content (AvgIpc) is 2.17. The van der Waals surface area contributed by atoms with Gasteiger partial charge in [-0.05, 0) is 30.6 Å². The molecule has 1 rings (SSSR count). The second kappa shape index (κ2) is 4.61. The smallest absolute Gasteiger partial charge is 0.146 e. The lowest BCUT2D eigenvalue weighted by Gasteiger charge is -1.96. The third-order valence-corrected chi connectivity index (χ3v) is 1.99. The third-order valence-electron chi connectivity index (χ3n) is 1.99. The number of hydrogen-bond donors (Lipinski definition) is 0. The van der Waals surface area contributed by atoms with Gasteiger partial charge in [-0.2, -0.15) is 0 Å². The van der Waals surface area contributed by atoms with E-state index in [4.69, 9.17) is 0 Å². The van der Waals surface area contributed by atoms with Gasteiger partial charge in [0.15, 0.2) is 0 Å². The van der Waals surface area contributed by atoms with E-state index in [2.05, 4.69) is 0 Å². The maximum absolute atomic E-state index is 10.5. The Morgan fingerprint density at radius 1 is 1.31 bits per heavy atom. The van der Waals surface area contributed by atoms with Gasteiger partial charge in [0.2, 0.25) is 0 Å². The van der Waals surface area contributed by atoms with E-state index < -0.39 is 0 Å². The van der Waals surface area contributed by atoms with E-state index in [1.165, 1.54) is 5.56 Å². The molecule has 0 aliphatic carbocycles. The van der Waals surface area contributed by atoms with Gasteiger partial charge in [-0.3, -0.25) is 4.79 Å². The molecule has 0 saturated carbocycles. The van der Waals surface area contributed by atoms with Crippen molar-refractivity contribution in [2.45, 2.75) is 20.3 Å². The largest absolute Gasteiger partial charge is 0.298 e. The maximum atomic E-state index is 10.5. The van der Waals surface area contributed by atoms with Crippen LogP contribution in [0.25, 0.3) is 6.08 Å². The highest BCUT2D eigenvalue weighted by Gasteiger charge is 1.92. The standard InChI is InChI=1S/C12H14O/c1-3-11(9-13)8-12-6-4-10(2)5-7-12/h4-9H,3H2,1-2H3/b11-8-. The lowest BCUT2D eigenvalue weighted by atomic mass is 10.1. The normalized spacial score (nSPS) is 11.4. The quantitative estimate of drug-likeness (QED) is 0.508. The molecule has 0 bridgehead atoms. The van der Waals surface area contributed by atoms with Crippen LogP contribution in [0.2, 0.25) is 0 Å². The van der Waals surface area contributed by atoms with Crippen molar-refractivity contribution in [3.8, 4) is 0 Å². The minimum atomic E-state index is 0.789. The molecule has 1 nitrogen and oxygen atoms in total. The Labute approximate surface area is 79.1 Å². The summed E-state index contributed by atoms with van der Waals surface area (Å²) >= 11 is 0. The molecule has 0 aliphatic heterocycles. The fourth-order valence-corrected chi connectivity index (χ4v) is 1.10. The molecule has 1 heteroatoms. The Morgan fingerprint density at radius 2 is 1.92 bits per heavy atom. The van der Waals surface area contributed by atoms with Crippen molar-refractivity contribution in [1.29, 1.82) is 0 Å². The minimum absolute atomic E-state index is 0.789. The van der Waals surface area contributed by atoms with E-state index in [9.17, 15) is 4.79 Å².